The minimum atomic E-state index is -0.437. The van der Waals surface area contributed by atoms with Gasteiger partial charge in [0.25, 0.3) is 5.91 Å². The van der Waals surface area contributed by atoms with E-state index in [0.717, 1.165) is 11.1 Å². The lowest BCUT2D eigenvalue weighted by molar-refractivity contribution is 0.0950. The van der Waals surface area contributed by atoms with Crippen LogP contribution in [0.1, 0.15) is 23.0 Å². The fourth-order valence-electron chi connectivity index (χ4n) is 2.22. The Labute approximate surface area is 175 Å². The fourth-order valence-corrected chi connectivity index (χ4v) is 2.82. The minimum absolute atomic E-state index is 0.252. The van der Waals surface area contributed by atoms with Crippen molar-refractivity contribution in [3.05, 3.63) is 73.8 Å². The van der Waals surface area contributed by atoms with Gasteiger partial charge in [0.05, 0.1) is 31.5 Å². The Morgan fingerprint density at radius 1 is 0.963 bits per heavy atom. The summed E-state index contributed by atoms with van der Waals surface area (Å²) in [6.45, 7) is 1.74. The second kappa shape index (κ2) is 8.31. The number of aromatic nitrogens is 2. The summed E-state index contributed by atoms with van der Waals surface area (Å²) in [5.41, 5.74) is 5.33. The molecule has 2 N–H and O–H groups in total. The number of amides is 1. The maximum absolute atomic E-state index is 12.3. The molecule has 0 aliphatic heterocycles. The smallest absolute Gasteiger partial charge is 0.272 e. The van der Waals surface area contributed by atoms with Gasteiger partial charge in [-0.15, -0.1) is 0 Å². The Morgan fingerprint density at radius 2 is 1.63 bits per heavy atom. The van der Waals surface area contributed by atoms with Gasteiger partial charge in [-0.2, -0.15) is 10.2 Å². The van der Waals surface area contributed by atoms with Crippen molar-refractivity contribution >= 4 is 58.0 Å². The maximum Gasteiger partial charge on any atom is 0.289 e. The van der Waals surface area contributed by atoms with E-state index in [-0.39, 0.29) is 5.69 Å². The van der Waals surface area contributed by atoms with E-state index in [1.54, 1.807) is 49.4 Å². The Kier molecular flexibility index (Phi) is 6.07. The van der Waals surface area contributed by atoms with Gasteiger partial charge in [0.1, 0.15) is 5.69 Å². The van der Waals surface area contributed by atoms with Crippen LogP contribution >= 0.6 is 46.4 Å². The zero-order valence-electron chi connectivity index (χ0n) is 13.9. The highest BCUT2D eigenvalue weighted by atomic mass is 35.5. The molecule has 0 radical (unpaired) electrons. The summed E-state index contributed by atoms with van der Waals surface area (Å²) >= 11 is 23.8. The largest absolute Gasteiger partial charge is 0.289 e. The van der Waals surface area contributed by atoms with Crippen LogP contribution in [0.5, 0.6) is 0 Å². The molecule has 0 aliphatic rings. The number of benzene rings is 2. The number of H-pyrrole nitrogens is 1. The van der Waals surface area contributed by atoms with Crippen molar-refractivity contribution in [1.29, 1.82) is 0 Å². The van der Waals surface area contributed by atoms with Crippen molar-refractivity contribution in [3.63, 3.8) is 0 Å². The van der Waals surface area contributed by atoms with Crippen LogP contribution in [-0.4, -0.2) is 21.8 Å². The molecule has 0 saturated heterocycles. The monoisotopic (exact) mass is 440 g/mol. The van der Waals surface area contributed by atoms with Crippen molar-refractivity contribution in [2.45, 2.75) is 6.92 Å². The quantitative estimate of drug-likeness (QED) is 0.394. The Bertz CT molecular complexity index is 1050. The van der Waals surface area contributed by atoms with Gasteiger partial charge in [-0.25, -0.2) is 5.43 Å². The van der Waals surface area contributed by atoms with Gasteiger partial charge in [0, 0.05) is 5.56 Å². The van der Waals surface area contributed by atoms with Gasteiger partial charge in [0.2, 0.25) is 0 Å². The van der Waals surface area contributed by atoms with Crippen molar-refractivity contribution in [1.82, 2.24) is 15.6 Å². The number of nitrogens with zero attached hydrogens (tertiary/aromatic N) is 2. The van der Waals surface area contributed by atoms with Crippen LogP contribution in [0, 0.1) is 0 Å². The highest BCUT2D eigenvalue weighted by molar-refractivity contribution is 6.42. The molecular weight excluding hydrogens is 430 g/mol. The van der Waals surface area contributed by atoms with Crippen LogP contribution < -0.4 is 5.43 Å². The van der Waals surface area contributed by atoms with Crippen LogP contribution in [0.15, 0.2) is 47.6 Å². The normalized spacial score (nSPS) is 11.5. The second-order valence-electron chi connectivity index (χ2n) is 5.56. The summed E-state index contributed by atoms with van der Waals surface area (Å²) in [6.07, 6.45) is 0. The van der Waals surface area contributed by atoms with Crippen LogP contribution in [0.3, 0.4) is 0 Å². The molecule has 3 aromatic rings. The molecule has 9 heteroatoms. The molecule has 0 unspecified atom stereocenters. The number of aromatic amines is 1. The van der Waals surface area contributed by atoms with Gasteiger partial charge in [-0.05, 0) is 42.8 Å². The lowest BCUT2D eigenvalue weighted by Gasteiger charge is -2.03. The molecule has 0 saturated carbocycles. The molecule has 0 bridgehead atoms. The predicted molar refractivity (Wildman–Crippen MR) is 110 cm³/mol. The third kappa shape index (κ3) is 4.62. The third-order valence-corrected chi connectivity index (χ3v) is 5.18. The molecule has 0 spiro atoms. The molecule has 1 aromatic heterocycles. The average Bonchev–Trinajstić information content (AvgIpc) is 3.14. The summed E-state index contributed by atoms with van der Waals surface area (Å²) in [4.78, 5) is 12.3. The van der Waals surface area contributed by atoms with Crippen LogP contribution in [0.2, 0.25) is 20.1 Å². The number of hydrogen-bond acceptors (Lipinski definition) is 3. The zero-order valence-corrected chi connectivity index (χ0v) is 16.9. The van der Waals surface area contributed by atoms with Crippen molar-refractivity contribution in [3.8, 4) is 11.3 Å². The van der Waals surface area contributed by atoms with Crippen LogP contribution in [0.4, 0.5) is 0 Å². The van der Waals surface area contributed by atoms with Gasteiger partial charge < -0.3 is 0 Å². The van der Waals surface area contributed by atoms with E-state index in [1.165, 1.54) is 0 Å². The lowest BCUT2D eigenvalue weighted by Crippen LogP contribution is -2.19. The number of rotatable bonds is 4. The molecular formula is C18H12Cl4N4O. The van der Waals surface area contributed by atoms with Gasteiger partial charge >= 0.3 is 0 Å². The molecule has 138 valence electrons. The number of carbonyl (C=O) groups excluding carboxylic acids is 1. The summed E-state index contributed by atoms with van der Waals surface area (Å²) in [5.74, 6) is -0.437. The van der Waals surface area contributed by atoms with Crippen molar-refractivity contribution in [2.75, 3.05) is 0 Å². The first-order chi connectivity index (χ1) is 12.8. The molecule has 1 amide bonds. The van der Waals surface area contributed by atoms with Gasteiger partial charge in [0.15, 0.2) is 0 Å². The molecule has 0 atom stereocenters. The van der Waals surface area contributed by atoms with E-state index in [1.807, 2.05) is 0 Å². The molecule has 5 nitrogen and oxygen atoms in total. The fraction of sp³-hybridized carbons (Fsp3) is 0.0556. The number of halogens is 4. The highest BCUT2D eigenvalue weighted by Crippen LogP contribution is 2.27. The Balaban J connectivity index is 1.74. The van der Waals surface area contributed by atoms with Crippen molar-refractivity contribution < 1.29 is 4.79 Å². The SMILES string of the molecule is C/C(=N\NC(=O)c1cc(-c2ccc(Cl)c(Cl)c2)n[nH]1)c1ccc(Cl)c(Cl)c1. The van der Waals surface area contributed by atoms with E-state index in [0.29, 0.717) is 31.5 Å². The van der Waals surface area contributed by atoms with E-state index in [4.69, 9.17) is 46.4 Å². The van der Waals surface area contributed by atoms with Crippen molar-refractivity contribution in [2.24, 2.45) is 5.10 Å². The van der Waals surface area contributed by atoms with Gasteiger partial charge in [-0.1, -0.05) is 58.5 Å². The van der Waals surface area contributed by atoms with E-state index in [9.17, 15) is 4.79 Å². The summed E-state index contributed by atoms with van der Waals surface area (Å²) < 4.78 is 0. The van der Waals surface area contributed by atoms with E-state index in [2.05, 4.69) is 20.7 Å². The Morgan fingerprint density at radius 3 is 2.30 bits per heavy atom. The first kappa shape index (κ1) is 19.7. The topological polar surface area (TPSA) is 70.1 Å². The third-order valence-electron chi connectivity index (χ3n) is 3.70. The molecule has 3 rings (SSSR count). The lowest BCUT2D eigenvalue weighted by atomic mass is 10.1. The predicted octanol–water partition coefficient (Wildman–Crippen LogP) is 5.84. The number of carbonyl (C=O) groups is 1. The van der Waals surface area contributed by atoms with Gasteiger partial charge in [-0.3, -0.25) is 9.89 Å². The number of hydrogen-bond donors (Lipinski definition) is 2. The molecule has 27 heavy (non-hydrogen) atoms. The van der Waals surface area contributed by atoms with Crippen LogP contribution in [0.25, 0.3) is 11.3 Å². The second-order valence-corrected chi connectivity index (χ2v) is 7.19. The maximum atomic E-state index is 12.3. The summed E-state index contributed by atoms with van der Waals surface area (Å²) in [5, 5.41) is 12.6. The standard InChI is InChI=1S/C18H12Cl4N4O/c1-9(10-2-4-12(19)14(21)6-10)23-26-18(27)17-8-16(24-25-17)11-3-5-13(20)15(22)7-11/h2-8H,1H3,(H,24,25)(H,26,27)/b23-9+. The molecule has 2 aromatic carbocycles. The Hall–Kier alpha value is -2.05. The summed E-state index contributed by atoms with van der Waals surface area (Å²) in [7, 11) is 0. The first-order valence-electron chi connectivity index (χ1n) is 7.66. The summed E-state index contributed by atoms with van der Waals surface area (Å²) in [6, 6.07) is 11.8. The van der Waals surface area contributed by atoms with E-state index < -0.39 is 5.91 Å². The number of hydrazone groups is 1. The van der Waals surface area contributed by atoms with Crippen LogP contribution in [-0.2, 0) is 0 Å². The molecule has 0 aliphatic carbocycles. The molecule has 1 heterocycles. The molecule has 0 fully saturated rings. The minimum Gasteiger partial charge on any atom is -0.272 e. The first-order valence-corrected chi connectivity index (χ1v) is 9.17. The van der Waals surface area contributed by atoms with E-state index >= 15 is 0 Å². The highest BCUT2D eigenvalue weighted by Gasteiger charge is 2.12. The zero-order chi connectivity index (χ0) is 19.6. The average molecular weight is 442 g/mol. The number of nitrogens with one attached hydrogen (secondary N) is 2.